The molecule has 1 rings (SSSR count). The lowest BCUT2D eigenvalue weighted by Crippen LogP contribution is -2.46. The van der Waals surface area contributed by atoms with Crippen LogP contribution >= 0.6 is 0 Å². The van der Waals surface area contributed by atoms with Crippen LogP contribution in [-0.4, -0.2) is 23.2 Å². The highest BCUT2D eigenvalue weighted by Crippen LogP contribution is 2.19. The van der Waals surface area contributed by atoms with E-state index in [2.05, 4.69) is 19.2 Å². The van der Waals surface area contributed by atoms with Gasteiger partial charge in [0.2, 0.25) is 5.91 Å². The van der Waals surface area contributed by atoms with Gasteiger partial charge in [-0.3, -0.25) is 4.79 Å². The number of amides is 1. The van der Waals surface area contributed by atoms with E-state index < -0.39 is 0 Å². The predicted molar refractivity (Wildman–Crippen MR) is 51.2 cm³/mol. The zero-order valence-electron chi connectivity index (χ0n) is 8.42. The van der Waals surface area contributed by atoms with Crippen LogP contribution in [0.3, 0.4) is 0 Å². The molecule has 1 unspecified atom stereocenters. The summed E-state index contributed by atoms with van der Waals surface area (Å²) in [5.74, 6) is 0.594. The van der Waals surface area contributed by atoms with E-state index in [1.54, 1.807) is 0 Å². The van der Waals surface area contributed by atoms with Gasteiger partial charge in [-0.2, -0.15) is 0 Å². The van der Waals surface area contributed by atoms with Gasteiger partial charge in [-0.25, -0.2) is 0 Å². The molecule has 1 aliphatic rings. The molecule has 0 heterocycles. The van der Waals surface area contributed by atoms with E-state index in [1.807, 2.05) is 0 Å². The van der Waals surface area contributed by atoms with E-state index in [4.69, 9.17) is 5.11 Å². The van der Waals surface area contributed by atoms with Crippen LogP contribution in [0.1, 0.15) is 39.5 Å². The normalized spacial score (nSPS) is 29.2. The first-order valence-electron chi connectivity index (χ1n) is 5.09. The summed E-state index contributed by atoms with van der Waals surface area (Å²) in [4.78, 5) is 11.3. The van der Waals surface area contributed by atoms with Crippen molar-refractivity contribution in [3.05, 3.63) is 0 Å². The van der Waals surface area contributed by atoms with Crippen molar-refractivity contribution >= 4 is 5.91 Å². The third-order valence-corrected chi connectivity index (χ3v) is 2.71. The minimum Gasteiger partial charge on any atom is -0.393 e. The second-order valence-corrected chi connectivity index (χ2v) is 4.11. The molecule has 1 saturated carbocycles. The van der Waals surface area contributed by atoms with Crippen LogP contribution in [0.4, 0.5) is 0 Å². The van der Waals surface area contributed by atoms with E-state index in [0.717, 1.165) is 19.3 Å². The Morgan fingerprint density at radius 3 is 2.69 bits per heavy atom. The van der Waals surface area contributed by atoms with Crippen LogP contribution in [0.2, 0.25) is 0 Å². The molecule has 0 aromatic rings. The Morgan fingerprint density at radius 2 is 2.23 bits per heavy atom. The van der Waals surface area contributed by atoms with Crippen LogP contribution in [0.5, 0.6) is 0 Å². The molecular formula is C10H19NO2. The standard InChI is InChI=1S/C10H19NO2/c1-3-7(2)4-10(13)11-8-5-9(12)6-8/h7-9,12H,3-6H2,1-2H3,(H,11,13). The number of carbonyl (C=O) groups is 1. The molecule has 0 radical (unpaired) electrons. The molecule has 0 aromatic carbocycles. The van der Waals surface area contributed by atoms with Crippen LogP contribution in [0.15, 0.2) is 0 Å². The van der Waals surface area contributed by atoms with Gasteiger partial charge >= 0.3 is 0 Å². The Labute approximate surface area is 79.5 Å². The maximum absolute atomic E-state index is 11.3. The summed E-state index contributed by atoms with van der Waals surface area (Å²) in [5.41, 5.74) is 0. The molecule has 13 heavy (non-hydrogen) atoms. The Balaban J connectivity index is 2.11. The lowest BCUT2D eigenvalue weighted by Gasteiger charge is -2.32. The summed E-state index contributed by atoms with van der Waals surface area (Å²) >= 11 is 0. The number of carbonyl (C=O) groups excluding carboxylic acids is 1. The first-order chi connectivity index (χ1) is 6.11. The van der Waals surface area contributed by atoms with Gasteiger partial charge in [-0.1, -0.05) is 20.3 Å². The number of hydrogen-bond donors (Lipinski definition) is 2. The molecule has 1 amide bonds. The van der Waals surface area contributed by atoms with Crippen molar-refractivity contribution in [1.29, 1.82) is 0 Å². The summed E-state index contributed by atoms with van der Waals surface area (Å²) < 4.78 is 0. The van der Waals surface area contributed by atoms with Crippen molar-refractivity contribution in [1.82, 2.24) is 5.32 Å². The molecule has 0 bridgehead atoms. The summed E-state index contributed by atoms with van der Waals surface area (Å²) in [5, 5.41) is 11.9. The molecule has 1 atom stereocenters. The second kappa shape index (κ2) is 4.61. The van der Waals surface area contributed by atoms with Crippen molar-refractivity contribution in [2.24, 2.45) is 5.92 Å². The molecule has 1 aliphatic carbocycles. The van der Waals surface area contributed by atoms with Crippen molar-refractivity contribution in [3.8, 4) is 0 Å². The number of hydrogen-bond acceptors (Lipinski definition) is 2. The highest BCUT2D eigenvalue weighted by Gasteiger charge is 2.28. The minimum atomic E-state index is -0.186. The third kappa shape index (κ3) is 3.35. The van der Waals surface area contributed by atoms with Crippen molar-refractivity contribution in [3.63, 3.8) is 0 Å². The second-order valence-electron chi connectivity index (χ2n) is 4.11. The largest absolute Gasteiger partial charge is 0.393 e. The molecule has 0 saturated heterocycles. The van der Waals surface area contributed by atoms with E-state index in [0.29, 0.717) is 12.3 Å². The summed E-state index contributed by atoms with van der Waals surface area (Å²) in [6.45, 7) is 4.17. The monoisotopic (exact) mass is 185 g/mol. The highest BCUT2D eigenvalue weighted by molar-refractivity contribution is 5.76. The molecule has 76 valence electrons. The van der Waals surface area contributed by atoms with E-state index in [-0.39, 0.29) is 18.1 Å². The average Bonchev–Trinajstić information content (AvgIpc) is 2.01. The topological polar surface area (TPSA) is 49.3 Å². The van der Waals surface area contributed by atoms with E-state index in [9.17, 15) is 4.79 Å². The van der Waals surface area contributed by atoms with Crippen molar-refractivity contribution < 1.29 is 9.90 Å². The van der Waals surface area contributed by atoms with Gasteiger partial charge in [0.1, 0.15) is 0 Å². The zero-order valence-corrected chi connectivity index (χ0v) is 8.42. The molecule has 1 fully saturated rings. The quantitative estimate of drug-likeness (QED) is 0.688. The molecule has 0 spiro atoms. The third-order valence-electron chi connectivity index (χ3n) is 2.71. The maximum atomic E-state index is 11.3. The molecule has 0 aliphatic heterocycles. The van der Waals surface area contributed by atoms with Gasteiger partial charge < -0.3 is 10.4 Å². The van der Waals surface area contributed by atoms with Crippen LogP contribution < -0.4 is 5.32 Å². The van der Waals surface area contributed by atoms with Gasteiger partial charge in [0.25, 0.3) is 0 Å². The Kier molecular flexibility index (Phi) is 3.72. The molecule has 3 nitrogen and oxygen atoms in total. The fourth-order valence-electron chi connectivity index (χ4n) is 1.45. The average molecular weight is 185 g/mol. The summed E-state index contributed by atoms with van der Waals surface area (Å²) in [6, 6.07) is 0.228. The highest BCUT2D eigenvalue weighted by atomic mass is 16.3. The van der Waals surface area contributed by atoms with E-state index >= 15 is 0 Å². The molecular weight excluding hydrogens is 166 g/mol. The fourth-order valence-corrected chi connectivity index (χ4v) is 1.45. The number of aliphatic hydroxyl groups is 1. The SMILES string of the molecule is CCC(C)CC(=O)NC1CC(O)C1. The van der Waals surface area contributed by atoms with Crippen LogP contribution in [0.25, 0.3) is 0 Å². The first-order valence-corrected chi connectivity index (χ1v) is 5.09. The lowest BCUT2D eigenvalue weighted by molar-refractivity contribution is -0.123. The molecule has 0 aromatic heterocycles. The smallest absolute Gasteiger partial charge is 0.220 e. The van der Waals surface area contributed by atoms with Gasteiger partial charge in [-0.05, 0) is 18.8 Å². The van der Waals surface area contributed by atoms with Gasteiger partial charge in [0.05, 0.1) is 6.10 Å². The van der Waals surface area contributed by atoms with Crippen LogP contribution in [0, 0.1) is 5.92 Å². The van der Waals surface area contributed by atoms with Gasteiger partial charge in [0, 0.05) is 12.5 Å². The van der Waals surface area contributed by atoms with Gasteiger partial charge in [0.15, 0.2) is 0 Å². The van der Waals surface area contributed by atoms with Crippen molar-refractivity contribution in [2.75, 3.05) is 0 Å². The Hall–Kier alpha value is -0.570. The molecule has 2 N–H and O–H groups in total. The number of aliphatic hydroxyl groups excluding tert-OH is 1. The Morgan fingerprint density at radius 1 is 1.62 bits per heavy atom. The fraction of sp³-hybridized carbons (Fsp3) is 0.900. The minimum absolute atomic E-state index is 0.131. The van der Waals surface area contributed by atoms with E-state index in [1.165, 1.54) is 0 Å². The van der Waals surface area contributed by atoms with Crippen LogP contribution in [-0.2, 0) is 4.79 Å². The number of rotatable bonds is 4. The van der Waals surface area contributed by atoms with Crippen molar-refractivity contribution in [2.45, 2.75) is 51.7 Å². The summed E-state index contributed by atoms with van der Waals surface area (Å²) in [6.07, 6.45) is 2.93. The lowest BCUT2D eigenvalue weighted by atomic mass is 9.89. The summed E-state index contributed by atoms with van der Waals surface area (Å²) in [7, 11) is 0. The first kappa shape index (κ1) is 10.5. The molecule has 3 heteroatoms. The Bertz CT molecular complexity index is 176. The zero-order chi connectivity index (χ0) is 9.84. The van der Waals surface area contributed by atoms with Gasteiger partial charge in [-0.15, -0.1) is 0 Å². The predicted octanol–water partition coefficient (Wildman–Crippen LogP) is 1.06. The maximum Gasteiger partial charge on any atom is 0.220 e. The number of nitrogens with one attached hydrogen (secondary N) is 1.